The van der Waals surface area contributed by atoms with Crippen LogP contribution in [-0.2, 0) is 0 Å². The highest BCUT2D eigenvalue weighted by molar-refractivity contribution is 5.98. The number of furan rings is 1. The molecule has 0 spiro atoms. The topological polar surface area (TPSA) is 30.2 Å². The van der Waals surface area contributed by atoms with E-state index in [-0.39, 0.29) is 11.7 Å². The van der Waals surface area contributed by atoms with Crippen molar-refractivity contribution >= 4 is 5.78 Å². The highest BCUT2D eigenvalue weighted by Crippen LogP contribution is 2.35. The minimum Gasteiger partial charge on any atom is -0.469 e. The monoisotopic (exact) mass is 220 g/mol. The Bertz CT molecular complexity index is 368. The van der Waals surface area contributed by atoms with E-state index in [2.05, 4.69) is 13.8 Å². The minimum atomic E-state index is 0.204. The summed E-state index contributed by atoms with van der Waals surface area (Å²) in [4.78, 5) is 12.3. The summed E-state index contributed by atoms with van der Waals surface area (Å²) in [6.45, 7) is 6.36. The van der Waals surface area contributed by atoms with Gasteiger partial charge in [-0.25, -0.2) is 0 Å². The Morgan fingerprint density at radius 2 is 1.88 bits per heavy atom. The normalized spacial score (nSPS) is 30.3. The molecule has 2 unspecified atom stereocenters. The molecular weight excluding hydrogens is 200 g/mol. The predicted octanol–water partition coefficient (Wildman–Crippen LogP) is 3.84. The third-order valence-corrected chi connectivity index (χ3v) is 3.67. The maximum Gasteiger partial charge on any atom is 0.169 e. The summed E-state index contributed by atoms with van der Waals surface area (Å²) in [6.07, 6.45) is 4.94. The van der Waals surface area contributed by atoms with Crippen molar-refractivity contribution in [1.82, 2.24) is 0 Å². The zero-order valence-corrected chi connectivity index (χ0v) is 10.3. The lowest BCUT2D eigenvalue weighted by molar-refractivity contribution is 0.0834. The van der Waals surface area contributed by atoms with Crippen molar-refractivity contribution in [3.8, 4) is 0 Å². The lowest BCUT2D eigenvalue weighted by Gasteiger charge is -2.30. The molecule has 0 aromatic carbocycles. The van der Waals surface area contributed by atoms with Crippen LogP contribution in [0.4, 0.5) is 0 Å². The minimum absolute atomic E-state index is 0.204. The van der Waals surface area contributed by atoms with Crippen LogP contribution in [0, 0.1) is 24.7 Å². The number of hydrogen-bond acceptors (Lipinski definition) is 2. The summed E-state index contributed by atoms with van der Waals surface area (Å²) in [5, 5.41) is 0. The van der Waals surface area contributed by atoms with Crippen molar-refractivity contribution in [3.05, 3.63) is 23.7 Å². The highest BCUT2D eigenvalue weighted by Gasteiger charge is 2.30. The van der Waals surface area contributed by atoms with Gasteiger partial charge in [-0.2, -0.15) is 0 Å². The van der Waals surface area contributed by atoms with Crippen molar-refractivity contribution in [2.24, 2.45) is 17.8 Å². The first-order valence-electron chi connectivity index (χ1n) is 6.16. The molecule has 2 heteroatoms. The largest absolute Gasteiger partial charge is 0.469 e. The van der Waals surface area contributed by atoms with Gasteiger partial charge in [0.1, 0.15) is 5.76 Å². The Morgan fingerprint density at radius 3 is 2.38 bits per heavy atom. The lowest BCUT2D eigenvalue weighted by atomic mass is 9.74. The lowest BCUT2D eigenvalue weighted by Crippen LogP contribution is -2.26. The van der Waals surface area contributed by atoms with Crippen LogP contribution in [0.15, 0.2) is 16.7 Å². The number of carbonyl (C=O) groups is 1. The molecule has 0 aliphatic heterocycles. The molecule has 1 aliphatic carbocycles. The zero-order valence-electron chi connectivity index (χ0n) is 10.3. The molecule has 0 radical (unpaired) electrons. The van der Waals surface area contributed by atoms with Gasteiger partial charge in [-0.15, -0.1) is 0 Å². The van der Waals surface area contributed by atoms with E-state index in [9.17, 15) is 4.79 Å². The van der Waals surface area contributed by atoms with Crippen LogP contribution in [0.25, 0.3) is 0 Å². The molecule has 1 aliphatic rings. The molecule has 1 saturated carbocycles. The van der Waals surface area contributed by atoms with Gasteiger partial charge in [-0.3, -0.25) is 4.79 Å². The molecule has 16 heavy (non-hydrogen) atoms. The second-order valence-electron chi connectivity index (χ2n) is 5.37. The van der Waals surface area contributed by atoms with Crippen LogP contribution in [0.1, 0.15) is 49.2 Å². The fourth-order valence-corrected chi connectivity index (χ4v) is 3.02. The number of carbonyl (C=O) groups excluding carboxylic acids is 1. The van der Waals surface area contributed by atoms with Crippen LogP contribution in [-0.4, -0.2) is 5.78 Å². The van der Waals surface area contributed by atoms with E-state index in [1.165, 1.54) is 6.42 Å². The van der Waals surface area contributed by atoms with E-state index in [0.29, 0.717) is 11.8 Å². The van der Waals surface area contributed by atoms with E-state index >= 15 is 0 Å². The van der Waals surface area contributed by atoms with Gasteiger partial charge in [0.15, 0.2) is 5.78 Å². The molecule has 2 atom stereocenters. The maximum atomic E-state index is 12.3. The average molecular weight is 220 g/mol. The smallest absolute Gasteiger partial charge is 0.169 e. The van der Waals surface area contributed by atoms with Gasteiger partial charge in [0, 0.05) is 5.92 Å². The molecule has 0 amide bonds. The predicted molar refractivity (Wildman–Crippen MR) is 63.4 cm³/mol. The third-order valence-electron chi connectivity index (χ3n) is 3.67. The second kappa shape index (κ2) is 4.44. The van der Waals surface area contributed by atoms with E-state index in [1.807, 2.05) is 13.0 Å². The molecule has 0 N–H and O–H groups in total. The van der Waals surface area contributed by atoms with Crippen molar-refractivity contribution in [3.63, 3.8) is 0 Å². The van der Waals surface area contributed by atoms with Crippen LogP contribution in [0.3, 0.4) is 0 Å². The fraction of sp³-hybridized carbons (Fsp3) is 0.643. The first kappa shape index (κ1) is 11.4. The van der Waals surface area contributed by atoms with Gasteiger partial charge in [0.25, 0.3) is 0 Å². The molecule has 1 heterocycles. The summed E-state index contributed by atoms with van der Waals surface area (Å²) in [5.74, 6) is 2.59. The first-order valence-corrected chi connectivity index (χ1v) is 6.16. The second-order valence-corrected chi connectivity index (χ2v) is 5.37. The van der Waals surface area contributed by atoms with Gasteiger partial charge in [0.2, 0.25) is 0 Å². The summed E-state index contributed by atoms with van der Waals surface area (Å²) < 4.78 is 5.21. The van der Waals surface area contributed by atoms with Crippen molar-refractivity contribution in [2.45, 2.75) is 40.0 Å². The number of aryl methyl sites for hydroxylation is 1. The highest BCUT2D eigenvalue weighted by atomic mass is 16.3. The number of ketones is 1. The summed E-state index contributed by atoms with van der Waals surface area (Å²) in [6, 6.07) is 1.81. The van der Waals surface area contributed by atoms with Crippen LogP contribution in [0.2, 0.25) is 0 Å². The van der Waals surface area contributed by atoms with E-state index in [1.54, 1.807) is 6.26 Å². The van der Waals surface area contributed by atoms with Gasteiger partial charge in [0.05, 0.1) is 11.8 Å². The molecule has 2 rings (SSSR count). The Balaban J connectivity index is 2.13. The Kier molecular flexibility index (Phi) is 3.17. The number of rotatable bonds is 2. The molecule has 1 fully saturated rings. The Labute approximate surface area is 97.0 Å². The Morgan fingerprint density at radius 1 is 1.25 bits per heavy atom. The van der Waals surface area contributed by atoms with Crippen molar-refractivity contribution < 1.29 is 9.21 Å². The standard InChI is InChI=1S/C14H20O2/c1-9-6-10(2)8-12(7-9)14(15)13-4-5-16-11(13)3/h4-5,9-10,12H,6-8H2,1-3H3. The third kappa shape index (κ3) is 2.21. The summed E-state index contributed by atoms with van der Waals surface area (Å²) >= 11 is 0. The van der Waals surface area contributed by atoms with E-state index in [4.69, 9.17) is 4.42 Å². The summed E-state index contributed by atoms with van der Waals surface area (Å²) in [7, 11) is 0. The molecule has 1 aromatic heterocycles. The summed E-state index contributed by atoms with van der Waals surface area (Å²) in [5.41, 5.74) is 0.784. The average Bonchev–Trinajstić information content (AvgIpc) is 2.62. The van der Waals surface area contributed by atoms with Crippen LogP contribution >= 0.6 is 0 Å². The molecule has 0 saturated heterocycles. The maximum absolute atomic E-state index is 12.3. The molecule has 1 aromatic rings. The SMILES string of the molecule is Cc1occc1C(=O)C1CC(C)CC(C)C1. The zero-order chi connectivity index (χ0) is 11.7. The molecule has 2 nitrogen and oxygen atoms in total. The van der Waals surface area contributed by atoms with E-state index in [0.717, 1.165) is 24.2 Å². The number of hydrogen-bond donors (Lipinski definition) is 0. The Hall–Kier alpha value is -1.05. The van der Waals surface area contributed by atoms with Gasteiger partial charge < -0.3 is 4.42 Å². The first-order chi connectivity index (χ1) is 7.58. The van der Waals surface area contributed by atoms with Crippen LogP contribution < -0.4 is 0 Å². The molecule has 0 bridgehead atoms. The van der Waals surface area contributed by atoms with E-state index < -0.39 is 0 Å². The molecular formula is C14H20O2. The number of Topliss-reactive ketones (excluding diaryl/α,β-unsaturated/α-hetero) is 1. The van der Waals surface area contributed by atoms with Gasteiger partial charge in [-0.05, 0) is 44.1 Å². The van der Waals surface area contributed by atoms with Crippen LogP contribution in [0.5, 0.6) is 0 Å². The van der Waals surface area contributed by atoms with Gasteiger partial charge >= 0.3 is 0 Å². The fourth-order valence-electron chi connectivity index (χ4n) is 3.02. The van der Waals surface area contributed by atoms with Gasteiger partial charge in [-0.1, -0.05) is 13.8 Å². The van der Waals surface area contributed by atoms with Crippen molar-refractivity contribution in [2.75, 3.05) is 0 Å². The van der Waals surface area contributed by atoms with Crippen molar-refractivity contribution in [1.29, 1.82) is 0 Å². The molecule has 88 valence electrons. The quantitative estimate of drug-likeness (QED) is 0.709.